The van der Waals surface area contributed by atoms with Crippen LogP contribution in [0.2, 0.25) is 0 Å². The largest absolute Gasteiger partial charge is 0.479 e. The molecule has 1 aromatic carbocycles. The molecule has 1 aliphatic rings. The first-order valence-electron chi connectivity index (χ1n) is 5.98. The summed E-state index contributed by atoms with van der Waals surface area (Å²) in [5.74, 6) is -1.13. The standard InChI is InChI=1S/C13H14BrNO4/c14-9-3-1-2-8(6-9)12(16)15-7-10-4-5-11(19-10)13(17)18/h1-3,6,10-11H,4-5,7H2,(H,15,16)(H,17,18). The van der Waals surface area contributed by atoms with Crippen molar-refractivity contribution in [2.24, 2.45) is 0 Å². The monoisotopic (exact) mass is 327 g/mol. The van der Waals surface area contributed by atoms with Gasteiger partial charge in [0.25, 0.3) is 5.91 Å². The van der Waals surface area contributed by atoms with Crippen LogP contribution >= 0.6 is 15.9 Å². The Morgan fingerprint density at radius 3 is 2.84 bits per heavy atom. The van der Waals surface area contributed by atoms with Gasteiger partial charge in [-0.2, -0.15) is 0 Å². The van der Waals surface area contributed by atoms with Crippen LogP contribution in [0.3, 0.4) is 0 Å². The summed E-state index contributed by atoms with van der Waals surface area (Å²) in [6, 6.07) is 7.07. The van der Waals surface area contributed by atoms with Gasteiger partial charge < -0.3 is 15.2 Å². The molecule has 19 heavy (non-hydrogen) atoms. The van der Waals surface area contributed by atoms with Gasteiger partial charge in [-0.1, -0.05) is 22.0 Å². The number of halogens is 1. The Bertz CT molecular complexity index is 491. The van der Waals surface area contributed by atoms with Gasteiger partial charge in [0.1, 0.15) is 0 Å². The molecule has 6 heteroatoms. The molecule has 1 saturated heterocycles. The first-order valence-corrected chi connectivity index (χ1v) is 6.77. The normalized spacial score (nSPS) is 22.2. The van der Waals surface area contributed by atoms with Gasteiger partial charge in [0.05, 0.1) is 6.10 Å². The quantitative estimate of drug-likeness (QED) is 0.884. The maximum Gasteiger partial charge on any atom is 0.332 e. The molecule has 102 valence electrons. The fraction of sp³-hybridized carbons (Fsp3) is 0.385. The zero-order valence-corrected chi connectivity index (χ0v) is 11.7. The summed E-state index contributed by atoms with van der Waals surface area (Å²) in [5.41, 5.74) is 0.558. The van der Waals surface area contributed by atoms with Crippen LogP contribution < -0.4 is 5.32 Å². The number of aliphatic carboxylic acids is 1. The summed E-state index contributed by atoms with van der Waals surface area (Å²) in [5, 5.41) is 11.5. The number of benzene rings is 1. The van der Waals surface area contributed by atoms with Gasteiger partial charge >= 0.3 is 5.97 Å². The van der Waals surface area contributed by atoms with Crippen molar-refractivity contribution in [3.05, 3.63) is 34.3 Å². The predicted octanol–water partition coefficient (Wildman–Crippen LogP) is 1.81. The van der Waals surface area contributed by atoms with E-state index in [1.54, 1.807) is 18.2 Å². The molecule has 1 heterocycles. The number of carbonyl (C=O) groups is 2. The van der Waals surface area contributed by atoms with Crippen LogP contribution in [0, 0.1) is 0 Å². The smallest absolute Gasteiger partial charge is 0.332 e. The van der Waals surface area contributed by atoms with Crippen LogP contribution in [0.25, 0.3) is 0 Å². The highest BCUT2D eigenvalue weighted by atomic mass is 79.9. The van der Waals surface area contributed by atoms with Crippen molar-refractivity contribution < 1.29 is 19.4 Å². The molecular formula is C13H14BrNO4. The molecule has 0 aromatic heterocycles. The van der Waals surface area contributed by atoms with Crippen molar-refractivity contribution >= 4 is 27.8 Å². The second-order valence-corrected chi connectivity index (χ2v) is 5.30. The third-order valence-electron chi connectivity index (χ3n) is 2.96. The molecule has 0 bridgehead atoms. The fourth-order valence-electron chi connectivity index (χ4n) is 1.98. The third-order valence-corrected chi connectivity index (χ3v) is 3.45. The Hall–Kier alpha value is -1.40. The molecule has 5 nitrogen and oxygen atoms in total. The molecule has 0 radical (unpaired) electrons. The molecule has 0 spiro atoms. The number of nitrogens with one attached hydrogen (secondary N) is 1. The highest BCUT2D eigenvalue weighted by molar-refractivity contribution is 9.10. The van der Waals surface area contributed by atoms with Crippen molar-refractivity contribution in [1.29, 1.82) is 0 Å². The second-order valence-electron chi connectivity index (χ2n) is 4.38. The van der Waals surface area contributed by atoms with E-state index in [-0.39, 0.29) is 12.0 Å². The van der Waals surface area contributed by atoms with Crippen molar-refractivity contribution in [1.82, 2.24) is 5.32 Å². The lowest BCUT2D eigenvalue weighted by molar-refractivity contribution is -0.149. The molecule has 1 aromatic rings. The van der Waals surface area contributed by atoms with Crippen LogP contribution in [0.5, 0.6) is 0 Å². The number of hydrogen-bond acceptors (Lipinski definition) is 3. The van der Waals surface area contributed by atoms with E-state index >= 15 is 0 Å². The highest BCUT2D eigenvalue weighted by Gasteiger charge is 2.30. The summed E-state index contributed by atoms with van der Waals surface area (Å²) in [4.78, 5) is 22.6. The van der Waals surface area contributed by atoms with E-state index < -0.39 is 12.1 Å². The number of ether oxygens (including phenoxy) is 1. The lowest BCUT2D eigenvalue weighted by Crippen LogP contribution is -2.33. The fourth-order valence-corrected chi connectivity index (χ4v) is 2.38. The van der Waals surface area contributed by atoms with E-state index in [2.05, 4.69) is 21.2 Å². The number of carboxylic acids is 1. The number of amides is 1. The first kappa shape index (κ1) is 14.0. The van der Waals surface area contributed by atoms with Crippen LogP contribution in [0.1, 0.15) is 23.2 Å². The zero-order valence-electron chi connectivity index (χ0n) is 10.1. The minimum atomic E-state index is -0.944. The van der Waals surface area contributed by atoms with Gasteiger partial charge in [-0.15, -0.1) is 0 Å². The lowest BCUT2D eigenvalue weighted by atomic mass is 10.2. The Morgan fingerprint density at radius 1 is 1.42 bits per heavy atom. The summed E-state index contributed by atoms with van der Waals surface area (Å²) in [6.07, 6.45) is 0.174. The first-order chi connectivity index (χ1) is 9.06. The van der Waals surface area contributed by atoms with Crippen LogP contribution in [0.15, 0.2) is 28.7 Å². The number of carboxylic acid groups (broad SMARTS) is 1. The predicted molar refractivity (Wildman–Crippen MR) is 72.0 cm³/mol. The van der Waals surface area contributed by atoms with Crippen molar-refractivity contribution in [2.75, 3.05) is 6.54 Å². The average Bonchev–Trinajstić information content (AvgIpc) is 2.85. The molecule has 1 aliphatic heterocycles. The van der Waals surface area contributed by atoms with E-state index in [0.717, 1.165) is 4.47 Å². The van der Waals surface area contributed by atoms with Crippen molar-refractivity contribution in [3.63, 3.8) is 0 Å². The molecular weight excluding hydrogens is 314 g/mol. The van der Waals surface area contributed by atoms with E-state index in [0.29, 0.717) is 24.9 Å². The Balaban J connectivity index is 1.83. The van der Waals surface area contributed by atoms with Crippen LogP contribution in [0.4, 0.5) is 0 Å². The summed E-state index contributed by atoms with van der Waals surface area (Å²) in [7, 11) is 0. The van der Waals surface area contributed by atoms with Gasteiger partial charge in [0, 0.05) is 16.6 Å². The number of carbonyl (C=O) groups excluding carboxylic acids is 1. The second kappa shape index (κ2) is 6.16. The highest BCUT2D eigenvalue weighted by Crippen LogP contribution is 2.19. The lowest BCUT2D eigenvalue weighted by Gasteiger charge is -2.12. The van der Waals surface area contributed by atoms with Gasteiger partial charge in [0.15, 0.2) is 6.10 Å². The molecule has 1 amide bonds. The van der Waals surface area contributed by atoms with Gasteiger partial charge in [-0.05, 0) is 31.0 Å². The maximum absolute atomic E-state index is 11.9. The van der Waals surface area contributed by atoms with E-state index in [4.69, 9.17) is 9.84 Å². The Kier molecular flexibility index (Phi) is 4.55. The Labute approximate surface area is 119 Å². The van der Waals surface area contributed by atoms with E-state index in [1.807, 2.05) is 6.07 Å². The van der Waals surface area contributed by atoms with Crippen molar-refractivity contribution in [2.45, 2.75) is 25.0 Å². The van der Waals surface area contributed by atoms with Crippen molar-refractivity contribution in [3.8, 4) is 0 Å². The molecule has 0 saturated carbocycles. The maximum atomic E-state index is 11.9. The third kappa shape index (κ3) is 3.78. The van der Waals surface area contributed by atoms with Gasteiger partial charge in [0.2, 0.25) is 0 Å². The Morgan fingerprint density at radius 2 is 2.21 bits per heavy atom. The molecule has 2 atom stereocenters. The minimum absolute atomic E-state index is 0.191. The minimum Gasteiger partial charge on any atom is -0.479 e. The van der Waals surface area contributed by atoms with E-state index in [9.17, 15) is 9.59 Å². The topological polar surface area (TPSA) is 75.6 Å². The van der Waals surface area contributed by atoms with Crippen LogP contribution in [-0.4, -0.2) is 35.7 Å². The SMILES string of the molecule is O=C(NCC1CCC(C(=O)O)O1)c1cccc(Br)c1. The summed E-state index contributed by atoms with van der Waals surface area (Å²) in [6.45, 7) is 0.328. The molecule has 0 aliphatic carbocycles. The number of hydrogen-bond donors (Lipinski definition) is 2. The summed E-state index contributed by atoms with van der Waals surface area (Å²) < 4.78 is 6.15. The average molecular weight is 328 g/mol. The summed E-state index contributed by atoms with van der Waals surface area (Å²) >= 11 is 3.30. The zero-order chi connectivity index (χ0) is 13.8. The number of rotatable bonds is 4. The molecule has 2 rings (SSSR count). The van der Waals surface area contributed by atoms with Gasteiger partial charge in [-0.25, -0.2) is 4.79 Å². The molecule has 2 unspecified atom stereocenters. The van der Waals surface area contributed by atoms with Crippen LogP contribution in [-0.2, 0) is 9.53 Å². The van der Waals surface area contributed by atoms with E-state index in [1.165, 1.54) is 0 Å². The van der Waals surface area contributed by atoms with Gasteiger partial charge in [-0.3, -0.25) is 4.79 Å². The molecule has 1 fully saturated rings. The molecule has 2 N–H and O–H groups in total.